The van der Waals surface area contributed by atoms with Crippen LogP contribution in [0.3, 0.4) is 0 Å². The molecule has 0 unspecified atom stereocenters. The third-order valence-electron chi connectivity index (χ3n) is 4.51. The predicted octanol–water partition coefficient (Wildman–Crippen LogP) is 3.74. The topological polar surface area (TPSA) is 72.4 Å². The standard InChI is InChI=1S/C18H18N4OS/c1-3-18(4-2)10-15(22-7-8-24-17(22)21-12-20)14-9-13(11-19)5-6-16(14)23-18/h5-6,9-10H,3-4,7-8H2,1-2H3/b21-17+. The van der Waals surface area contributed by atoms with Gasteiger partial charge in [-0.1, -0.05) is 25.6 Å². The summed E-state index contributed by atoms with van der Waals surface area (Å²) in [6.45, 7) is 5.00. The van der Waals surface area contributed by atoms with Crippen LogP contribution in [0.5, 0.6) is 5.75 Å². The van der Waals surface area contributed by atoms with Crippen LogP contribution in [0.4, 0.5) is 0 Å². The van der Waals surface area contributed by atoms with Crippen molar-refractivity contribution in [3.8, 4) is 18.0 Å². The molecule has 122 valence electrons. The van der Waals surface area contributed by atoms with Crippen LogP contribution in [0.25, 0.3) is 5.70 Å². The van der Waals surface area contributed by atoms with Crippen LogP contribution in [0.2, 0.25) is 0 Å². The zero-order valence-corrected chi connectivity index (χ0v) is 14.6. The molecule has 2 heterocycles. The molecule has 0 N–H and O–H groups in total. The van der Waals surface area contributed by atoms with Crippen molar-refractivity contribution in [2.75, 3.05) is 12.3 Å². The fourth-order valence-corrected chi connectivity index (χ4v) is 3.95. The van der Waals surface area contributed by atoms with Crippen LogP contribution in [0.1, 0.15) is 37.8 Å². The lowest BCUT2D eigenvalue weighted by atomic mass is 9.90. The zero-order chi connectivity index (χ0) is 17.2. The highest BCUT2D eigenvalue weighted by atomic mass is 32.2. The Morgan fingerprint density at radius 3 is 2.79 bits per heavy atom. The van der Waals surface area contributed by atoms with E-state index in [-0.39, 0.29) is 5.60 Å². The minimum Gasteiger partial charge on any atom is -0.482 e. The van der Waals surface area contributed by atoms with Gasteiger partial charge in [0.2, 0.25) is 6.19 Å². The molecule has 0 saturated carbocycles. The molecule has 1 saturated heterocycles. The van der Waals surface area contributed by atoms with Crippen molar-refractivity contribution in [1.82, 2.24) is 4.90 Å². The van der Waals surface area contributed by atoms with Gasteiger partial charge >= 0.3 is 0 Å². The van der Waals surface area contributed by atoms with Gasteiger partial charge in [0.15, 0.2) is 5.17 Å². The minimum absolute atomic E-state index is 0.374. The Bertz CT molecular complexity index is 796. The van der Waals surface area contributed by atoms with Gasteiger partial charge in [-0.15, -0.1) is 4.99 Å². The van der Waals surface area contributed by atoms with Gasteiger partial charge in [-0.3, -0.25) is 0 Å². The van der Waals surface area contributed by atoms with Crippen molar-refractivity contribution in [2.24, 2.45) is 4.99 Å². The number of amidine groups is 1. The first-order valence-corrected chi connectivity index (χ1v) is 8.98. The smallest absolute Gasteiger partial charge is 0.208 e. The first-order valence-electron chi connectivity index (χ1n) is 8.00. The Hall–Kier alpha value is -2.44. The second-order valence-electron chi connectivity index (χ2n) is 5.72. The quantitative estimate of drug-likeness (QED) is 0.785. The van der Waals surface area contributed by atoms with Gasteiger partial charge in [0.1, 0.15) is 11.4 Å². The van der Waals surface area contributed by atoms with Gasteiger partial charge in [-0.05, 0) is 37.1 Å². The second kappa shape index (κ2) is 6.59. The molecule has 2 aliphatic rings. The first kappa shape index (κ1) is 16.4. The van der Waals surface area contributed by atoms with E-state index in [1.54, 1.807) is 17.8 Å². The summed E-state index contributed by atoms with van der Waals surface area (Å²) in [5.74, 6) is 1.67. The van der Waals surface area contributed by atoms with Crippen LogP contribution in [0.15, 0.2) is 29.3 Å². The average Bonchev–Trinajstić information content (AvgIpc) is 3.08. The van der Waals surface area contributed by atoms with Crippen LogP contribution >= 0.6 is 11.8 Å². The molecule has 2 aliphatic heterocycles. The molecule has 1 aromatic carbocycles. The molecule has 1 aromatic rings. The van der Waals surface area contributed by atoms with Crippen molar-refractivity contribution < 1.29 is 4.74 Å². The number of nitrogens with zero attached hydrogens (tertiary/aromatic N) is 4. The number of hydrogen-bond donors (Lipinski definition) is 0. The van der Waals surface area contributed by atoms with Crippen molar-refractivity contribution in [3.05, 3.63) is 35.4 Å². The fourth-order valence-electron chi connectivity index (χ4n) is 3.05. The largest absolute Gasteiger partial charge is 0.482 e. The van der Waals surface area contributed by atoms with Gasteiger partial charge in [-0.2, -0.15) is 10.5 Å². The number of ether oxygens (including phenoxy) is 1. The SMILES string of the molecule is CCC1(CC)C=C(N2CCS/C2=N/C#N)c2cc(C#N)ccc2O1. The third kappa shape index (κ3) is 2.74. The molecule has 6 heteroatoms. The summed E-state index contributed by atoms with van der Waals surface area (Å²) in [5, 5.41) is 18.9. The molecule has 24 heavy (non-hydrogen) atoms. The normalized spacial score (nSPS) is 19.9. The summed E-state index contributed by atoms with van der Waals surface area (Å²) in [6, 6.07) is 7.68. The third-order valence-corrected chi connectivity index (χ3v) is 5.46. The molecule has 0 radical (unpaired) electrons. The summed E-state index contributed by atoms with van der Waals surface area (Å²) in [7, 11) is 0. The molecule has 0 spiro atoms. The van der Waals surface area contributed by atoms with Crippen LogP contribution in [0, 0.1) is 22.8 Å². The number of nitriles is 2. The van der Waals surface area contributed by atoms with E-state index >= 15 is 0 Å². The lowest BCUT2D eigenvalue weighted by molar-refractivity contribution is 0.106. The molecule has 3 rings (SSSR count). The van der Waals surface area contributed by atoms with Crippen LogP contribution < -0.4 is 4.74 Å². The van der Waals surface area contributed by atoms with Crippen molar-refractivity contribution in [3.63, 3.8) is 0 Å². The molecule has 0 atom stereocenters. The summed E-state index contributed by atoms with van der Waals surface area (Å²) in [5.41, 5.74) is 2.09. The molecule has 0 aliphatic carbocycles. The van der Waals surface area contributed by atoms with E-state index in [2.05, 4.69) is 35.9 Å². The van der Waals surface area contributed by atoms with E-state index in [0.29, 0.717) is 10.7 Å². The molecule has 0 bridgehead atoms. The first-order chi connectivity index (χ1) is 11.7. The monoisotopic (exact) mass is 338 g/mol. The van der Waals surface area contributed by atoms with Gasteiger partial charge in [-0.25, -0.2) is 0 Å². The predicted molar refractivity (Wildman–Crippen MR) is 95.3 cm³/mol. The van der Waals surface area contributed by atoms with Gasteiger partial charge in [0, 0.05) is 17.9 Å². The number of rotatable bonds is 3. The molecule has 1 fully saturated rings. The molecule has 5 nitrogen and oxygen atoms in total. The second-order valence-corrected chi connectivity index (χ2v) is 6.78. The highest BCUT2D eigenvalue weighted by Gasteiger charge is 2.36. The summed E-state index contributed by atoms with van der Waals surface area (Å²) in [6.07, 6.45) is 5.71. The Morgan fingerprint density at radius 1 is 1.33 bits per heavy atom. The summed E-state index contributed by atoms with van der Waals surface area (Å²) in [4.78, 5) is 6.03. The molecular formula is C18H18N4OS. The Morgan fingerprint density at radius 2 is 2.12 bits per heavy atom. The highest BCUT2D eigenvalue weighted by molar-refractivity contribution is 8.14. The van der Waals surface area contributed by atoms with Gasteiger partial charge < -0.3 is 9.64 Å². The lowest BCUT2D eigenvalue weighted by Gasteiger charge is -2.38. The maximum absolute atomic E-state index is 9.23. The van der Waals surface area contributed by atoms with E-state index in [1.165, 1.54) is 0 Å². The number of aliphatic imine (C=N–C) groups is 1. The Kier molecular flexibility index (Phi) is 4.51. The Balaban J connectivity index is 2.17. The summed E-state index contributed by atoms with van der Waals surface area (Å²) < 4.78 is 6.28. The Labute approximate surface area is 146 Å². The summed E-state index contributed by atoms with van der Waals surface area (Å²) >= 11 is 1.58. The number of benzene rings is 1. The number of hydrogen-bond acceptors (Lipinski definition) is 5. The van der Waals surface area contributed by atoms with Crippen molar-refractivity contribution in [2.45, 2.75) is 32.3 Å². The molecule has 0 aromatic heterocycles. The maximum Gasteiger partial charge on any atom is 0.208 e. The highest BCUT2D eigenvalue weighted by Crippen LogP contribution is 2.42. The zero-order valence-electron chi connectivity index (χ0n) is 13.7. The fraction of sp³-hybridized carbons (Fsp3) is 0.389. The van der Waals surface area contributed by atoms with E-state index < -0.39 is 0 Å². The average molecular weight is 338 g/mol. The number of thioether (sulfide) groups is 1. The van der Waals surface area contributed by atoms with Crippen LogP contribution in [-0.4, -0.2) is 28.0 Å². The minimum atomic E-state index is -0.374. The maximum atomic E-state index is 9.23. The van der Waals surface area contributed by atoms with E-state index in [4.69, 9.17) is 10.00 Å². The van der Waals surface area contributed by atoms with Crippen molar-refractivity contribution in [1.29, 1.82) is 10.5 Å². The van der Waals surface area contributed by atoms with E-state index in [0.717, 1.165) is 42.1 Å². The lowest BCUT2D eigenvalue weighted by Crippen LogP contribution is -2.38. The van der Waals surface area contributed by atoms with Gasteiger partial charge in [0.25, 0.3) is 0 Å². The van der Waals surface area contributed by atoms with Gasteiger partial charge in [0.05, 0.1) is 17.3 Å². The van der Waals surface area contributed by atoms with E-state index in [9.17, 15) is 5.26 Å². The van der Waals surface area contributed by atoms with E-state index in [1.807, 2.05) is 18.3 Å². The molecular weight excluding hydrogens is 320 g/mol. The number of fused-ring (bicyclic) bond motifs is 1. The molecule has 0 amide bonds. The van der Waals surface area contributed by atoms with Crippen molar-refractivity contribution >= 4 is 22.6 Å². The van der Waals surface area contributed by atoms with Crippen LogP contribution in [-0.2, 0) is 0 Å².